The molecule has 1 aromatic carbocycles. The summed E-state index contributed by atoms with van der Waals surface area (Å²) in [6.07, 6.45) is 10.6. The molecule has 0 amide bonds. The van der Waals surface area contributed by atoms with Crippen molar-refractivity contribution in [1.29, 1.82) is 0 Å². The highest BCUT2D eigenvalue weighted by atomic mass is 16.3. The molecule has 0 radical (unpaired) electrons. The van der Waals surface area contributed by atoms with E-state index in [9.17, 15) is 5.11 Å². The van der Waals surface area contributed by atoms with Gasteiger partial charge in [-0.25, -0.2) is 4.68 Å². The maximum Gasteiger partial charge on any atom is 0.0645 e. The fourth-order valence-corrected chi connectivity index (χ4v) is 3.09. The van der Waals surface area contributed by atoms with Crippen LogP contribution in [0.2, 0.25) is 0 Å². The van der Waals surface area contributed by atoms with Crippen LogP contribution in [0.4, 0.5) is 0 Å². The molecule has 1 N–H and O–H groups in total. The van der Waals surface area contributed by atoms with E-state index in [1.165, 1.54) is 24.8 Å². The van der Waals surface area contributed by atoms with Gasteiger partial charge in [-0.3, -0.25) is 0 Å². The number of aliphatic hydroxyl groups excluding tert-OH is 1. The monoisotopic (exact) mass is 270 g/mol. The Hall–Kier alpha value is -1.61. The minimum Gasteiger partial charge on any atom is -0.393 e. The van der Waals surface area contributed by atoms with Crippen LogP contribution in [0.5, 0.6) is 0 Å². The highest BCUT2D eigenvalue weighted by Crippen LogP contribution is 2.26. The fraction of sp³-hybridized carbons (Fsp3) is 0.471. The van der Waals surface area contributed by atoms with Crippen LogP contribution in [0, 0.1) is 5.92 Å². The van der Waals surface area contributed by atoms with Crippen molar-refractivity contribution in [3.05, 3.63) is 48.3 Å². The summed E-state index contributed by atoms with van der Waals surface area (Å²) in [5, 5.41) is 14.6. The van der Waals surface area contributed by atoms with Gasteiger partial charge in [0.25, 0.3) is 0 Å². The van der Waals surface area contributed by atoms with Gasteiger partial charge < -0.3 is 5.11 Å². The third kappa shape index (κ3) is 3.10. The lowest BCUT2D eigenvalue weighted by Crippen LogP contribution is -2.20. The van der Waals surface area contributed by atoms with E-state index in [1.807, 2.05) is 29.1 Å². The molecule has 2 unspecified atom stereocenters. The number of rotatable bonds is 3. The maximum absolute atomic E-state index is 10.2. The Morgan fingerprint density at radius 3 is 2.75 bits per heavy atom. The van der Waals surface area contributed by atoms with Crippen LogP contribution < -0.4 is 0 Å². The molecule has 20 heavy (non-hydrogen) atoms. The molecule has 0 aliphatic heterocycles. The third-order valence-electron chi connectivity index (χ3n) is 4.27. The minimum atomic E-state index is -0.141. The Morgan fingerprint density at radius 2 is 1.90 bits per heavy atom. The topological polar surface area (TPSA) is 38.1 Å². The Bertz CT molecular complexity index is 535. The molecular formula is C17H22N2O. The van der Waals surface area contributed by atoms with Gasteiger partial charge in [0.15, 0.2) is 0 Å². The highest BCUT2D eigenvalue weighted by Gasteiger charge is 2.22. The first-order valence-electron chi connectivity index (χ1n) is 7.60. The summed E-state index contributed by atoms with van der Waals surface area (Å²) >= 11 is 0. The molecule has 0 bridgehead atoms. The van der Waals surface area contributed by atoms with Gasteiger partial charge >= 0.3 is 0 Å². The molecule has 1 aliphatic carbocycles. The maximum atomic E-state index is 10.2. The van der Waals surface area contributed by atoms with E-state index in [-0.39, 0.29) is 6.10 Å². The molecule has 3 rings (SSSR count). The first-order valence-corrected chi connectivity index (χ1v) is 7.60. The SMILES string of the molecule is OC1CCCCCC1Cc1cnn(-c2ccccc2)c1. The molecule has 3 nitrogen and oxygen atoms in total. The smallest absolute Gasteiger partial charge is 0.0645 e. The average molecular weight is 270 g/mol. The summed E-state index contributed by atoms with van der Waals surface area (Å²) in [5.41, 5.74) is 2.31. The lowest BCUT2D eigenvalue weighted by molar-refractivity contribution is 0.101. The fourth-order valence-electron chi connectivity index (χ4n) is 3.09. The van der Waals surface area contributed by atoms with Crippen LogP contribution in [-0.4, -0.2) is 21.0 Å². The summed E-state index contributed by atoms with van der Waals surface area (Å²) in [5.74, 6) is 0.394. The van der Waals surface area contributed by atoms with Crippen LogP contribution in [0.15, 0.2) is 42.7 Å². The average Bonchev–Trinajstić information content (AvgIpc) is 2.86. The van der Waals surface area contributed by atoms with Crippen molar-refractivity contribution in [1.82, 2.24) is 9.78 Å². The number of para-hydroxylation sites is 1. The van der Waals surface area contributed by atoms with Crippen molar-refractivity contribution >= 4 is 0 Å². The molecule has 2 atom stereocenters. The van der Waals surface area contributed by atoms with Gasteiger partial charge in [-0.15, -0.1) is 0 Å². The van der Waals surface area contributed by atoms with Crippen molar-refractivity contribution in [2.24, 2.45) is 5.92 Å². The molecule has 1 aromatic heterocycles. The predicted molar refractivity (Wildman–Crippen MR) is 79.8 cm³/mol. The van der Waals surface area contributed by atoms with Gasteiger partial charge in [0.05, 0.1) is 18.0 Å². The minimum absolute atomic E-state index is 0.141. The van der Waals surface area contributed by atoms with Crippen LogP contribution in [0.3, 0.4) is 0 Å². The largest absolute Gasteiger partial charge is 0.393 e. The van der Waals surface area contributed by atoms with E-state index >= 15 is 0 Å². The van der Waals surface area contributed by atoms with Gasteiger partial charge in [0.2, 0.25) is 0 Å². The summed E-state index contributed by atoms with van der Waals surface area (Å²) in [7, 11) is 0. The number of hydrogen-bond acceptors (Lipinski definition) is 2. The quantitative estimate of drug-likeness (QED) is 0.868. The second-order valence-corrected chi connectivity index (χ2v) is 5.80. The van der Waals surface area contributed by atoms with Crippen molar-refractivity contribution in [2.75, 3.05) is 0 Å². The Kier molecular flexibility index (Phi) is 4.16. The molecule has 1 heterocycles. The number of benzene rings is 1. The summed E-state index contributed by atoms with van der Waals surface area (Å²) in [6, 6.07) is 10.2. The number of hydrogen-bond donors (Lipinski definition) is 1. The van der Waals surface area contributed by atoms with Crippen LogP contribution in [-0.2, 0) is 6.42 Å². The Morgan fingerprint density at radius 1 is 1.10 bits per heavy atom. The second kappa shape index (κ2) is 6.23. The third-order valence-corrected chi connectivity index (χ3v) is 4.27. The van der Waals surface area contributed by atoms with E-state index < -0.39 is 0 Å². The van der Waals surface area contributed by atoms with Crippen molar-refractivity contribution in [3.8, 4) is 5.69 Å². The number of aliphatic hydroxyl groups is 1. The molecule has 3 heteroatoms. The molecule has 1 fully saturated rings. The van der Waals surface area contributed by atoms with Gasteiger partial charge in [0.1, 0.15) is 0 Å². The Labute approximate surface area is 120 Å². The predicted octanol–water partition coefficient (Wildman–Crippen LogP) is 3.36. The first-order chi connectivity index (χ1) is 9.83. The second-order valence-electron chi connectivity index (χ2n) is 5.80. The zero-order valence-corrected chi connectivity index (χ0v) is 11.8. The van der Waals surface area contributed by atoms with E-state index in [4.69, 9.17) is 0 Å². The molecule has 0 spiro atoms. The van der Waals surface area contributed by atoms with Crippen LogP contribution in [0.1, 0.15) is 37.7 Å². The van der Waals surface area contributed by atoms with Gasteiger partial charge in [-0.1, -0.05) is 37.5 Å². The van der Waals surface area contributed by atoms with E-state index in [1.54, 1.807) is 0 Å². The lowest BCUT2D eigenvalue weighted by Gasteiger charge is -2.19. The van der Waals surface area contributed by atoms with Crippen molar-refractivity contribution < 1.29 is 5.11 Å². The first kappa shape index (κ1) is 13.4. The van der Waals surface area contributed by atoms with Crippen LogP contribution >= 0.6 is 0 Å². The summed E-state index contributed by atoms with van der Waals surface area (Å²) in [6.45, 7) is 0. The molecule has 2 aromatic rings. The summed E-state index contributed by atoms with van der Waals surface area (Å²) < 4.78 is 1.92. The normalized spacial score (nSPS) is 23.4. The zero-order chi connectivity index (χ0) is 13.8. The van der Waals surface area contributed by atoms with Crippen molar-refractivity contribution in [3.63, 3.8) is 0 Å². The molecule has 1 aliphatic rings. The van der Waals surface area contributed by atoms with Crippen molar-refractivity contribution in [2.45, 2.75) is 44.6 Å². The molecular weight excluding hydrogens is 248 g/mol. The Balaban J connectivity index is 1.71. The molecule has 1 saturated carbocycles. The van der Waals surface area contributed by atoms with Gasteiger partial charge in [-0.05, 0) is 42.9 Å². The standard InChI is InChI=1S/C17H22N2O/c20-17-10-6-1-3-7-15(17)11-14-12-18-19(13-14)16-8-4-2-5-9-16/h2,4-5,8-9,12-13,15,17,20H,1,3,6-7,10-11H2. The molecule has 106 valence electrons. The van der Waals surface area contributed by atoms with Gasteiger partial charge in [-0.2, -0.15) is 5.10 Å². The van der Waals surface area contributed by atoms with E-state index in [0.717, 1.165) is 24.9 Å². The van der Waals surface area contributed by atoms with E-state index in [0.29, 0.717) is 5.92 Å². The number of aromatic nitrogens is 2. The van der Waals surface area contributed by atoms with Crippen LogP contribution in [0.25, 0.3) is 5.69 Å². The van der Waals surface area contributed by atoms with Gasteiger partial charge in [0, 0.05) is 6.20 Å². The zero-order valence-electron chi connectivity index (χ0n) is 11.8. The molecule has 0 saturated heterocycles. The highest BCUT2D eigenvalue weighted by molar-refractivity contribution is 5.30. The lowest BCUT2D eigenvalue weighted by atomic mass is 9.91. The van der Waals surface area contributed by atoms with E-state index in [2.05, 4.69) is 23.4 Å². The number of nitrogens with zero attached hydrogens (tertiary/aromatic N) is 2. The summed E-state index contributed by atoms with van der Waals surface area (Å²) in [4.78, 5) is 0.